The van der Waals surface area contributed by atoms with E-state index in [9.17, 15) is 22.8 Å². The largest absolute Gasteiger partial charge is 0.481 e. The van der Waals surface area contributed by atoms with Gasteiger partial charge in [-0.3, -0.25) is 9.59 Å². The van der Waals surface area contributed by atoms with E-state index in [2.05, 4.69) is 0 Å². The first kappa shape index (κ1) is 15.6. The number of carboxylic acid groups (broad SMARTS) is 1. The highest BCUT2D eigenvalue weighted by Gasteiger charge is 2.64. The molecule has 1 fully saturated rings. The summed E-state index contributed by atoms with van der Waals surface area (Å²) in [5.74, 6) is -2.60. The van der Waals surface area contributed by atoms with Crippen LogP contribution in [0, 0.1) is 5.41 Å². The van der Waals surface area contributed by atoms with Gasteiger partial charge in [0.1, 0.15) is 0 Å². The summed E-state index contributed by atoms with van der Waals surface area (Å²) in [6.07, 6.45) is -5.56. The molecule has 8 heteroatoms. The maximum absolute atomic E-state index is 13.0. The summed E-state index contributed by atoms with van der Waals surface area (Å²) in [5, 5.41) is 9.32. The molecule has 1 unspecified atom stereocenters. The first-order valence-corrected chi connectivity index (χ1v) is 6.40. The van der Waals surface area contributed by atoms with Crippen molar-refractivity contribution in [2.45, 2.75) is 12.6 Å². The molecule has 1 N–H and O–H groups in total. The van der Waals surface area contributed by atoms with Gasteiger partial charge in [-0.05, 0) is 30.7 Å². The lowest BCUT2D eigenvalue weighted by molar-refractivity contribution is -0.227. The average molecular weight is 322 g/mol. The number of likely N-dealkylation sites (tertiary alicyclic amines) is 1. The first-order valence-electron chi connectivity index (χ1n) is 6.02. The zero-order valence-corrected chi connectivity index (χ0v) is 11.4. The van der Waals surface area contributed by atoms with Crippen LogP contribution in [0.1, 0.15) is 16.8 Å². The molecule has 1 aliphatic heterocycles. The van der Waals surface area contributed by atoms with E-state index in [0.29, 0.717) is 5.02 Å². The molecule has 4 nitrogen and oxygen atoms in total. The zero-order chi connectivity index (χ0) is 15.8. The molecule has 21 heavy (non-hydrogen) atoms. The fourth-order valence-corrected chi connectivity index (χ4v) is 2.41. The SMILES string of the molecule is O=C(c1ccc(Cl)cc1)N1CCC(C(=O)O)(C(F)(F)F)C1. The van der Waals surface area contributed by atoms with Crippen molar-refractivity contribution in [2.75, 3.05) is 13.1 Å². The molecule has 0 radical (unpaired) electrons. The molecule has 1 saturated heterocycles. The summed E-state index contributed by atoms with van der Waals surface area (Å²) in [7, 11) is 0. The molecular weight excluding hydrogens is 311 g/mol. The monoisotopic (exact) mass is 321 g/mol. The predicted octanol–water partition coefficient (Wildman–Crippen LogP) is 2.82. The van der Waals surface area contributed by atoms with Crippen LogP contribution in [0.15, 0.2) is 24.3 Å². The fraction of sp³-hybridized carbons (Fsp3) is 0.385. The Kier molecular flexibility index (Phi) is 3.88. The highest BCUT2D eigenvalue weighted by molar-refractivity contribution is 6.30. The fourth-order valence-electron chi connectivity index (χ4n) is 2.29. The Labute approximate surface area is 123 Å². The van der Waals surface area contributed by atoms with E-state index in [-0.39, 0.29) is 12.1 Å². The van der Waals surface area contributed by atoms with Crippen molar-refractivity contribution in [3.05, 3.63) is 34.9 Å². The smallest absolute Gasteiger partial charge is 0.406 e. The van der Waals surface area contributed by atoms with E-state index in [1.165, 1.54) is 24.3 Å². The summed E-state index contributed by atoms with van der Waals surface area (Å²) in [6, 6.07) is 5.66. The van der Waals surface area contributed by atoms with Crippen LogP contribution in [-0.4, -0.2) is 41.1 Å². The number of amides is 1. The molecule has 2 rings (SSSR count). The maximum atomic E-state index is 13.0. The molecule has 0 bridgehead atoms. The van der Waals surface area contributed by atoms with E-state index in [0.717, 1.165) is 4.90 Å². The summed E-state index contributed by atoms with van der Waals surface area (Å²) in [5.41, 5.74) is -2.72. The van der Waals surface area contributed by atoms with Crippen LogP contribution in [-0.2, 0) is 4.79 Å². The van der Waals surface area contributed by atoms with Gasteiger partial charge < -0.3 is 10.0 Å². The average Bonchev–Trinajstić information content (AvgIpc) is 2.84. The summed E-state index contributed by atoms with van der Waals surface area (Å²) < 4.78 is 39.1. The first-order chi connectivity index (χ1) is 9.67. The minimum absolute atomic E-state index is 0.169. The quantitative estimate of drug-likeness (QED) is 0.911. The molecule has 0 saturated carbocycles. The van der Waals surface area contributed by atoms with Gasteiger partial charge in [-0.15, -0.1) is 0 Å². The van der Waals surface area contributed by atoms with Gasteiger partial charge in [-0.25, -0.2) is 0 Å². The Morgan fingerprint density at radius 3 is 2.24 bits per heavy atom. The van der Waals surface area contributed by atoms with Crippen LogP contribution in [0.3, 0.4) is 0 Å². The third kappa shape index (κ3) is 2.70. The summed E-state index contributed by atoms with van der Waals surface area (Å²) >= 11 is 5.67. The lowest BCUT2D eigenvalue weighted by Gasteiger charge is -2.27. The van der Waals surface area contributed by atoms with Crippen LogP contribution >= 0.6 is 11.6 Å². The Balaban J connectivity index is 2.23. The van der Waals surface area contributed by atoms with E-state index in [4.69, 9.17) is 16.7 Å². The number of carboxylic acids is 1. The number of rotatable bonds is 2. The van der Waals surface area contributed by atoms with Gasteiger partial charge in [0.25, 0.3) is 5.91 Å². The topological polar surface area (TPSA) is 57.6 Å². The van der Waals surface area contributed by atoms with Crippen LogP contribution in [0.2, 0.25) is 5.02 Å². The Morgan fingerprint density at radius 1 is 1.24 bits per heavy atom. The zero-order valence-electron chi connectivity index (χ0n) is 10.7. The lowest BCUT2D eigenvalue weighted by atomic mass is 9.86. The van der Waals surface area contributed by atoms with Gasteiger partial charge in [0.2, 0.25) is 0 Å². The Bertz CT molecular complexity index is 573. The van der Waals surface area contributed by atoms with E-state index < -0.39 is 36.4 Å². The van der Waals surface area contributed by atoms with Crippen molar-refractivity contribution in [1.82, 2.24) is 4.90 Å². The molecule has 114 valence electrons. The molecular formula is C13H11ClF3NO3. The molecule has 1 heterocycles. The molecule has 1 aromatic carbocycles. The molecule has 0 aliphatic carbocycles. The Hall–Kier alpha value is -1.76. The van der Waals surface area contributed by atoms with Crippen molar-refractivity contribution in [3.63, 3.8) is 0 Å². The van der Waals surface area contributed by atoms with Crippen molar-refractivity contribution in [2.24, 2.45) is 5.41 Å². The van der Waals surface area contributed by atoms with Gasteiger partial charge in [0.05, 0.1) is 0 Å². The number of halogens is 4. The third-order valence-corrected chi connectivity index (χ3v) is 3.85. The van der Waals surface area contributed by atoms with Gasteiger partial charge in [-0.1, -0.05) is 11.6 Å². The Morgan fingerprint density at radius 2 is 1.81 bits per heavy atom. The van der Waals surface area contributed by atoms with Crippen LogP contribution in [0.5, 0.6) is 0 Å². The van der Waals surface area contributed by atoms with Gasteiger partial charge >= 0.3 is 12.1 Å². The number of alkyl halides is 3. The second-order valence-electron chi connectivity index (χ2n) is 4.87. The van der Waals surface area contributed by atoms with Crippen LogP contribution in [0.4, 0.5) is 13.2 Å². The number of aliphatic carboxylic acids is 1. The normalized spacial score (nSPS) is 22.4. The minimum Gasteiger partial charge on any atom is -0.481 e. The second kappa shape index (κ2) is 5.22. The number of nitrogens with zero attached hydrogens (tertiary/aromatic N) is 1. The molecule has 1 aromatic rings. The van der Waals surface area contributed by atoms with Gasteiger partial charge in [-0.2, -0.15) is 13.2 Å². The van der Waals surface area contributed by atoms with Crippen molar-refractivity contribution < 1.29 is 27.9 Å². The predicted molar refractivity (Wildman–Crippen MR) is 68.1 cm³/mol. The van der Waals surface area contributed by atoms with E-state index >= 15 is 0 Å². The van der Waals surface area contributed by atoms with Gasteiger partial charge in [0.15, 0.2) is 5.41 Å². The number of carbonyl (C=O) groups excluding carboxylic acids is 1. The second-order valence-corrected chi connectivity index (χ2v) is 5.31. The van der Waals surface area contributed by atoms with Crippen LogP contribution < -0.4 is 0 Å². The summed E-state index contributed by atoms with van der Waals surface area (Å²) in [4.78, 5) is 24.1. The number of hydrogen-bond acceptors (Lipinski definition) is 2. The van der Waals surface area contributed by atoms with Crippen LogP contribution in [0.25, 0.3) is 0 Å². The molecule has 1 atom stereocenters. The number of carbonyl (C=O) groups is 2. The molecule has 0 spiro atoms. The minimum atomic E-state index is -4.91. The van der Waals surface area contributed by atoms with E-state index in [1.807, 2.05) is 0 Å². The molecule has 1 aliphatic rings. The van der Waals surface area contributed by atoms with Crippen molar-refractivity contribution >= 4 is 23.5 Å². The van der Waals surface area contributed by atoms with Crippen molar-refractivity contribution in [3.8, 4) is 0 Å². The number of benzene rings is 1. The highest BCUT2D eigenvalue weighted by atomic mass is 35.5. The third-order valence-electron chi connectivity index (χ3n) is 3.60. The van der Waals surface area contributed by atoms with Gasteiger partial charge in [0, 0.05) is 23.7 Å². The number of hydrogen-bond donors (Lipinski definition) is 1. The standard InChI is InChI=1S/C13H11ClF3NO3/c14-9-3-1-8(2-4-9)10(19)18-6-5-12(7-18,11(20)21)13(15,16)17/h1-4H,5-7H2,(H,20,21). The molecule has 0 aromatic heterocycles. The van der Waals surface area contributed by atoms with Crippen molar-refractivity contribution in [1.29, 1.82) is 0 Å². The van der Waals surface area contributed by atoms with E-state index in [1.54, 1.807) is 0 Å². The maximum Gasteiger partial charge on any atom is 0.406 e. The lowest BCUT2D eigenvalue weighted by Crippen LogP contribution is -2.47. The highest BCUT2D eigenvalue weighted by Crippen LogP contribution is 2.45. The summed E-state index contributed by atoms with van der Waals surface area (Å²) in [6.45, 7) is -1.14. The molecule has 1 amide bonds.